The average molecular weight is 527 g/mol. The molecular weight excluding hydrogens is 500 g/mol. The summed E-state index contributed by atoms with van der Waals surface area (Å²) in [5.74, 6) is 4.24. The van der Waals surface area contributed by atoms with Crippen LogP contribution in [0.2, 0.25) is 0 Å². The fourth-order valence-corrected chi connectivity index (χ4v) is 4.21. The number of tetrazole rings is 1. The van der Waals surface area contributed by atoms with Crippen molar-refractivity contribution in [1.82, 2.24) is 35.5 Å². The third-order valence-corrected chi connectivity index (χ3v) is 6.30. The van der Waals surface area contributed by atoms with E-state index in [1.165, 1.54) is 5.56 Å². The lowest BCUT2D eigenvalue weighted by Crippen LogP contribution is -2.35. The molecule has 0 aliphatic carbocycles. The first-order chi connectivity index (χ1) is 19.0. The summed E-state index contributed by atoms with van der Waals surface area (Å²) < 4.78 is 5.40. The van der Waals surface area contributed by atoms with E-state index in [1.807, 2.05) is 36.4 Å². The highest BCUT2D eigenvalue weighted by atomic mass is 16.5. The van der Waals surface area contributed by atoms with Gasteiger partial charge in [-0.15, -0.1) is 0 Å². The molecule has 0 saturated carbocycles. The van der Waals surface area contributed by atoms with E-state index in [2.05, 4.69) is 64.8 Å². The zero-order chi connectivity index (χ0) is 27.0. The molecule has 4 N–H and O–H groups in total. The number of ether oxygens (including phenoxy) is 1. The number of nitrogens with zero attached hydrogens (tertiary/aromatic N) is 5. The molecule has 5 rings (SSSR count). The molecule has 1 aliphatic heterocycles. The minimum Gasteiger partial charge on any atom is -0.502 e. The predicted molar refractivity (Wildman–Crippen MR) is 141 cm³/mol. The monoisotopic (exact) mass is 526 g/mol. The standard InChI is InChI=1S/C27H26N8O4/c36-24-23(28-17-29-26(24)38)22(25(37)30-27-31-33-34-32-27)15-20-7-3-18(4-8-20)1-2-19-5-9-21(10-6-19)16-35-11-13-39-14-12-35/h3-10,17,22,36H,11-16H2,(H,28,29,38)(H2,30,31,32,33,34,37). The number of rotatable bonds is 7. The molecule has 0 bridgehead atoms. The maximum atomic E-state index is 13.0. The molecule has 1 aliphatic rings. The second-order valence-corrected chi connectivity index (χ2v) is 8.99. The molecule has 1 amide bonds. The van der Waals surface area contributed by atoms with Crippen LogP contribution in [-0.2, 0) is 22.5 Å². The number of hydrogen-bond acceptors (Lipinski definition) is 9. The Labute approximate surface area is 223 Å². The van der Waals surface area contributed by atoms with Gasteiger partial charge in [-0.2, -0.15) is 0 Å². The molecule has 2 aromatic carbocycles. The van der Waals surface area contributed by atoms with Gasteiger partial charge >= 0.3 is 0 Å². The average Bonchev–Trinajstić information content (AvgIpc) is 3.47. The molecule has 1 fully saturated rings. The van der Waals surface area contributed by atoms with Gasteiger partial charge in [-0.05, 0) is 52.2 Å². The van der Waals surface area contributed by atoms with Crippen LogP contribution in [0.25, 0.3) is 0 Å². The van der Waals surface area contributed by atoms with Crippen molar-refractivity contribution < 1.29 is 14.6 Å². The van der Waals surface area contributed by atoms with Crippen molar-refractivity contribution in [3.05, 3.63) is 93.2 Å². The van der Waals surface area contributed by atoms with E-state index in [0.717, 1.165) is 55.9 Å². The van der Waals surface area contributed by atoms with E-state index in [9.17, 15) is 14.7 Å². The van der Waals surface area contributed by atoms with Gasteiger partial charge in [0.05, 0.1) is 25.5 Å². The van der Waals surface area contributed by atoms with E-state index in [4.69, 9.17) is 4.74 Å². The van der Waals surface area contributed by atoms with Gasteiger partial charge in [-0.1, -0.05) is 41.2 Å². The molecule has 2 aromatic heterocycles. The molecule has 3 heterocycles. The van der Waals surface area contributed by atoms with Crippen molar-refractivity contribution in [2.24, 2.45) is 0 Å². The van der Waals surface area contributed by atoms with Gasteiger partial charge in [0.1, 0.15) is 5.69 Å². The summed E-state index contributed by atoms with van der Waals surface area (Å²) in [5, 5.41) is 25.8. The van der Waals surface area contributed by atoms with Crippen molar-refractivity contribution >= 4 is 11.9 Å². The van der Waals surface area contributed by atoms with Crippen LogP contribution in [0.4, 0.5) is 5.95 Å². The predicted octanol–water partition coefficient (Wildman–Crippen LogP) is 1.19. The normalized spacial score (nSPS) is 14.3. The van der Waals surface area contributed by atoms with Crippen LogP contribution < -0.4 is 10.9 Å². The van der Waals surface area contributed by atoms with Crippen molar-refractivity contribution in [3.63, 3.8) is 0 Å². The Morgan fingerprint density at radius 3 is 2.36 bits per heavy atom. The number of H-pyrrole nitrogens is 2. The summed E-state index contributed by atoms with van der Waals surface area (Å²) in [7, 11) is 0. The Morgan fingerprint density at radius 2 is 1.72 bits per heavy atom. The van der Waals surface area contributed by atoms with E-state index in [0.29, 0.717) is 0 Å². The summed E-state index contributed by atoms with van der Waals surface area (Å²) >= 11 is 0. The number of nitrogens with one attached hydrogen (secondary N) is 3. The molecule has 12 heteroatoms. The van der Waals surface area contributed by atoms with E-state index in [1.54, 1.807) is 0 Å². The summed E-state index contributed by atoms with van der Waals surface area (Å²) in [4.78, 5) is 33.7. The number of aromatic hydroxyl groups is 1. The highest BCUT2D eigenvalue weighted by Gasteiger charge is 2.27. The third kappa shape index (κ3) is 6.72. The number of benzene rings is 2. The van der Waals surface area contributed by atoms with E-state index in [-0.39, 0.29) is 18.1 Å². The number of anilines is 1. The summed E-state index contributed by atoms with van der Waals surface area (Å²) in [6, 6.07) is 15.6. The fraction of sp³-hybridized carbons (Fsp3) is 0.259. The van der Waals surface area contributed by atoms with Crippen LogP contribution in [-0.4, -0.2) is 72.8 Å². The largest absolute Gasteiger partial charge is 0.502 e. The maximum absolute atomic E-state index is 13.0. The van der Waals surface area contributed by atoms with Gasteiger partial charge in [0.25, 0.3) is 5.56 Å². The molecule has 1 unspecified atom stereocenters. The first-order valence-electron chi connectivity index (χ1n) is 12.4. The number of morpholine rings is 1. The van der Waals surface area contributed by atoms with Gasteiger partial charge in [0.15, 0.2) is 0 Å². The first-order valence-corrected chi connectivity index (χ1v) is 12.4. The van der Waals surface area contributed by atoms with Crippen LogP contribution >= 0.6 is 0 Å². The zero-order valence-corrected chi connectivity index (χ0v) is 20.9. The molecular formula is C27H26N8O4. The quantitative estimate of drug-likeness (QED) is 0.259. The maximum Gasteiger partial charge on any atom is 0.293 e. The molecule has 198 valence electrons. The summed E-state index contributed by atoms with van der Waals surface area (Å²) in [6.07, 6.45) is 1.30. The first kappa shape index (κ1) is 25.8. The number of carbonyl (C=O) groups is 1. The number of amides is 1. The second-order valence-electron chi connectivity index (χ2n) is 8.99. The molecule has 1 atom stereocenters. The van der Waals surface area contributed by atoms with Crippen LogP contribution in [0.3, 0.4) is 0 Å². The third-order valence-electron chi connectivity index (χ3n) is 6.30. The summed E-state index contributed by atoms with van der Waals surface area (Å²) in [5.41, 5.74) is 2.96. The second kappa shape index (κ2) is 12.1. The van der Waals surface area contributed by atoms with Crippen molar-refractivity contribution in [2.45, 2.75) is 18.9 Å². The molecule has 0 radical (unpaired) electrons. The van der Waals surface area contributed by atoms with Gasteiger partial charge in [-0.3, -0.25) is 19.8 Å². The molecule has 39 heavy (non-hydrogen) atoms. The van der Waals surface area contributed by atoms with Gasteiger partial charge < -0.3 is 14.8 Å². The number of aromatic nitrogens is 6. The van der Waals surface area contributed by atoms with Crippen LogP contribution in [0.1, 0.15) is 33.9 Å². The zero-order valence-electron chi connectivity index (χ0n) is 20.9. The van der Waals surface area contributed by atoms with Crippen molar-refractivity contribution in [3.8, 4) is 17.6 Å². The van der Waals surface area contributed by atoms with Gasteiger partial charge in [-0.25, -0.2) is 10.1 Å². The minimum atomic E-state index is -0.981. The van der Waals surface area contributed by atoms with Gasteiger partial charge in [0.2, 0.25) is 17.6 Å². The smallest absolute Gasteiger partial charge is 0.293 e. The number of aromatic amines is 2. The summed E-state index contributed by atoms with van der Waals surface area (Å²) in [6.45, 7) is 4.36. The SMILES string of the molecule is O=C(Nc1nnn[nH]1)C(Cc1ccc(C#Cc2ccc(CN3CCOCC3)cc2)cc1)c1nc[nH]c(=O)c1O. The van der Waals surface area contributed by atoms with E-state index >= 15 is 0 Å². The van der Waals surface area contributed by atoms with Crippen LogP contribution in [0, 0.1) is 11.8 Å². The van der Waals surface area contributed by atoms with Gasteiger partial charge in [0, 0.05) is 30.8 Å². The van der Waals surface area contributed by atoms with Crippen LogP contribution in [0.15, 0.2) is 59.7 Å². The Kier molecular flexibility index (Phi) is 8.01. The Hall–Kier alpha value is -4.86. The van der Waals surface area contributed by atoms with E-state index < -0.39 is 23.1 Å². The van der Waals surface area contributed by atoms with Crippen molar-refractivity contribution in [2.75, 3.05) is 31.6 Å². The van der Waals surface area contributed by atoms with Crippen LogP contribution in [0.5, 0.6) is 5.75 Å². The highest BCUT2D eigenvalue weighted by molar-refractivity contribution is 5.94. The lowest BCUT2D eigenvalue weighted by molar-refractivity contribution is -0.117. The lowest BCUT2D eigenvalue weighted by atomic mass is 9.94. The fourth-order valence-electron chi connectivity index (χ4n) is 4.21. The minimum absolute atomic E-state index is 0.0362. The van der Waals surface area contributed by atoms with Crippen molar-refractivity contribution in [1.29, 1.82) is 0 Å². The molecule has 1 saturated heterocycles. The Morgan fingerprint density at radius 1 is 1.05 bits per heavy atom. The Bertz CT molecular complexity index is 1520. The highest BCUT2D eigenvalue weighted by Crippen LogP contribution is 2.25. The molecule has 4 aromatic rings. The topological polar surface area (TPSA) is 162 Å². The number of hydrogen-bond donors (Lipinski definition) is 4. The molecule has 0 spiro atoms. The lowest BCUT2D eigenvalue weighted by Gasteiger charge is -2.26. The molecule has 12 nitrogen and oxygen atoms in total. The number of carbonyl (C=O) groups excluding carboxylic acids is 1. The Balaban J connectivity index is 1.27.